The largest absolute Gasteiger partial charge is 0.0590 e. The highest BCUT2D eigenvalue weighted by atomic mass is 14.3. The molecule has 2 bridgehead atoms. The molecule has 0 heteroatoms. The first kappa shape index (κ1) is 15.7. The van der Waals surface area contributed by atoms with Gasteiger partial charge in [-0.1, -0.05) is 76.6 Å². The second-order valence-electron chi connectivity index (χ2n) is 8.62. The molecule has 0 amide bonds. The van der Waals surface area contributed by atoms with Crippen LogP contribution in [0.3, 0.4) is 0 Å². The minimum absolute atomic E-state index is 0.209. The molecular weight excluding hydrogens is 288 g/mol. The second kappa shape index (κ2) is 5.34. The van der Waals surface area contributed by atoms with Gasteiger partial charge in [0.05, 0.1) is 0 Å². The van der Waals surface area contributed by atoms with E-state index in [0.717, 1.165) is 0 Å². The fraction of sp³-hybridized carbons (Fsp3) is 0.375. The molecule has 0 aromatic heterocycles. The van der Waals surface area contributed by atoms with E-state index in [2.05, 4.69) is 77.4 Å². The summed E-state index contributed by atoms with van der Waals surface area (Å²) in [5.74, 6) is 0.602. The van der Waals surface area contributed by atoms with Crippen LogP contribution in [0.4, 0.5) is 0 Å². The summed E-state index contributed by atoms with van der Waals surface area (Å²) in [6.07, 6.45) is 4.80. The molecular formula is C24H27. The van der Waals surface area contributed by atoms with Crippen molar-refractivity contribution in [1.82, 2.24) is 0 Å². The van der Waals surface area contributed by atoms with E-state index in [1.807, 2.05) is 0 Å². The number of allylic oxidation sites excluding steroid dienone is 2. The van der Waals surface area contributed by atoms with Crippen LogP contribution in [0.5, 0.6) is 0 Å². The maximum atomic E-state index is 2.43. The summed E-state index contributed by atoms with van der Waals surface area (Å²) in [4.78, 5) is 0. The lowest BCUT2D eigenvalue weighted by atomic mass is 9.80. The second-order valence-corrected chi connectivity index (χ2v) is 8.62. The van der Waals surface area contributed by atoms with Crippen molar-refractivity contribution < 1.29 is 0 Å². The van der Waals surface area contributed by atoms with Gasteiger partial charge in [0.15, 0.2) is 0 Å². The van der Waals surface area contributed by atoms with Crippen molar-refractivity contribution in [3.05, 3.63) is 70.6 Å². The summed E-state index contributed by atoms with van der Waals surface area (Å²) < 4.78 is 0. The van der Waals surface area contributed by atoms with E-state index < -0.39 is 0 Å². The monoisotopic (exact) mass is 315 g/mol. The maximum absolute atomic E-state index is 2.43. The average Bonchev–Trinajstić information content (AvgIpc) is 2.95. The van der Waals surface area contributed by atoms with E-state index in [0.29, 0.717) is 5.92 Å². The molecule has 0 fully saturated rings. The Morgan fingerprint density at radius 1 is 0.833 bits per heavy atom. The predicted molar refractivity (Wildman–Crippen MR) is 104 cm³/mol. The van der Waals surface area contributed by atoms with E-state index in [9.17, 15) is 0 Å². The quantitative estimate of drug-likeness (QED) is 0.587. The minimum atomic E-state index is 0.209. The smallest absolute Gasteiger partial charge is 0.0170 e. The minimum Gasteiger partial charge on any atom is -0.0590 e. The summed E-state index contributed by atoms with van der Waals surface area (Å²) in [5.41, 5.74) is 12.1. The summed E-state index contributed by atoms with van der Waals surface area (Å²) >= 11 is 0. The molecule has 0 spiro atoms. The lowest BCUT2D eigenvalue weighted by Gasteiger charge is -2.24. The number of benzene rings is 2. The van der Waals surface area contributed by atoms with Crippen LogP contribution in [-0.2, 0) is 11.8 Å². The van der Waals surface area contributed by atoms with Crippen LogP contribution in [0.25, 0.3) is 16.7 Å². The first-order chi connectivity index (χ1) is 11.4. The van der Waals surface area contributed by atoms with Gasteiger partial charge in [0.25, 0.3) is 0 Å². The van der Waals surface area contributed by atoms with Gasteiger partial charge in [-0.15, -0.1) is 0 Å². The Hall–Kier alpha value is -1.82. The van der Waals surface area contributed by atoms with Crippen LogP contribution in [0.1, 0.15) is 63.3 Å². The standard InChI is InChI=1S/C24H27/c1-15(2)21-14-18-7-6-16-10-13-20(21)23(18)22(16)17-8-11-19(12-9-17)24(3,4)5/h6-9,11-12,14-15H,10,13H2,1-5H3. The molecule has 0 aliphatic heterocycles. The molecule has 2 aliphatic rings. The van der Waals surface area contributed by atoms with Crippen molar-refractivity contribution in [3.63, 3.8) is 0 Å². The molecule has 0 unspecified atom stereocenters. The molecule has 24 heavy (non-hydrogen) atoms. The molecule has 2 aromatic carbocycles. The molecule has 1 radical (unpaired) electrons. The Kier molecular flexibility index (Phi) is 3.49. The number of rotatable bonds is 2. The SMILES string of the molecule is CC(C)C1=C2CCc3ccc(c2c3-c2ccc(C(C)(C)C)cc2)[CH]1. The van der Waals surface area contributed by atoms with Gasteiger partial charge in [0.2, 0.25) is 0 Å². The fourth-order valence-electron chi connectivity index (χ4n) is 4.23. The first-order valence-electron chi connectivity index (χ1n) is 9.21. The van der Waals surface area contributed by atoms with Gasteiger partial charge in [0, 0.05) is 6.42 Å². The van der Waals surface area contributed by atoms with Gasteiger partial charge in [-0.2, -0.15) is 0 Å². The van der Waals surface area contributed by atoms with Crippen molar-refractivity contribution in [1.29, 1.82) is 0 Å². The van der Waals surface area contributed by atoms with E-state index in [4.69, 9.17) is 0 Å². The molecule has 0 atom stereocenters. The van der Waals surface area contributed by atoms with Gasteiger partial charge < -0.3 is 0 Å². The summed E-state index contributed by atoms with van der Waals surface area (Å²) in [7, 11) is 0. The summed E-state index contributed by atoms with van der Waals surface area (Å²) in [6, 6.07) is 14.0. The van der Waals surface area contributed by atoms with Crippen LogP contribution in [0.15, 0.2) is 42.0 Å². The highest BCUT2D eigenvalue weighted by molar-refractivity contribution is 5.93. The van der Waals surface area contributed by atoms with Gasteiger partial charge in [-0.3, -0.25) is 0 Å². The van der Waals surface area contributed by atoms with E-state index in [1.165, 1.54) is 46.2 Å². The molecule has 2 aliphatic carbocycles. The van der Waals surface area contributed by atoms with Crippen molar-refractivity contribution in [3.8, 4) is 11.1 Å². The number of hydrogen-bond donors (Lipinski definition) is 0. The lowest BCUT2D eigenvalue weighted by molar-refractivity contribution is 0.590. The molecule has 4 rings (SSSR count). The molecule has 0 saturated heterocycles. The molecule has 0 heterocycles. The highest BCUT2D eigenvalue weighted by Crippen LogP contribution is 2.49. The van der Waals surface area contributed by atoms with Crippen molar-refractivity contribution >= 4 is 5.57 Å². The topological polar surface area (TPSA) is 0 Å². The first-order valence-corrected chi connectivity index (χ1v) is 9.21. The third-order valence-electron chi connectivity index (χ3n) is 5.59. The predicted octanol–water partition coefficient (Wildman–Crippen LogP) is 6.57. The molecule has 0 nitrogen and oxygen atoms in total. The van der Waals surface area contributed by atoms with E-state index >= 15 is 0 Å². The van der Waals surface area contributed by atoms with Crippen molar-refractivity contribution in [2.75, 3.05) is 0 Å². The Bertz CT molecular complexity index is 824. The van der Waals surface area contributed by atoms with Gasteiger partial charge in [-0.05, 0) is 63.1 Å². The van der Waals surface area contributed by atoms with Crippen molar-refractivity contribution in [2.45, 2.75) is 52.9 Å². The fourth-order valence-corrected chi connectivity index (χ4v) is 4.23. The van der Waals surface area contributed by atoms with E-state index in [1.54, 1.807) is 11.1 Å². The summed E-state index contributed by atoms with van der Waals surface area (Å²) in [6.45, 7) is 11.5. The van der Waals surface area contributed by atoms with Crippen LogP contribution in [0.2, 0.25) is 0 Å². The third-order valence-corrected chi connectivity index (χ3v) is 5.59. The Labute approximate surface area is 146 Å². The average molecular weight is 315 g/mol. The van der Waals surface area contributed by atoms with E-state index in [-0.39, 0.29) is 5.41 Å². The zero-order valence-electron chi connectivity index (χ0n) is 15.5. The van der Waals surface area contributed by atoms with Gasteiger partial charge in [-0.25, -0.2) is 0 Å². The molecule has 2 aromatic rings. The Morgan fingerprint density at radius 3 is 2.17 bits per heavy atom. The number of aryl methyl sites for hydroxylation is 1. The van der Waals surface area contributed by atoms with Crippen molar-refractivity contribution in [2.24, 2.45) is 5.92 Å². The van der Waals surface area contributed by atoms with Crippen LogP contribution in [-0.4, -0.2) is 0 Å². The van der Waals surface area contributed by atoms with Crippen LogP contribution < -0.4 is 0 Å². The maximum Gasteiger partial charge on any atom is 0.0170 e. The summed E-state index contributed by atoms with van der Waals surface area (Å²) in [5, 5.41) is 0. The number of fused-ring (bicyclic) bond motifs is 1. The van der Waals surface area contributed by atoms with Crippen LogP contribution in [0, 0.1) is 12.3 Å². The zero-order valence-corrected chi connectivity index (χ0v) is 15.5. The van der Waals surface area contributed by atoms with Crippen LogP contribution >= 0.6 is 0 Å². The van der Waals surface area contributed by atoms with Gasteiger partial charge in [0.1, 0.15) is 0 Å². The number of hydrogen-bond acceptors (Lipinski definition) is 0. The Morgan fingerprint density at radius 2 is 1.54 bits per heavy atom. The lowest BCUT2D eigenvalue weighted by Crippen LogP contribution is -2.10. The highest BCUT2D eigenvalue weighted by Gasteiger charge is 2.30. The van der Waals surface area contributed by atoms with Gasteiger partial charge >= 0.3 is 0 Å². The molecule has 0 saturated carbocycles. The molecule has 0 N–H and O–H groups in total. The Balaban J connectivity index is 1.87. The zero-order chi connectivity index (χ0) is 17.1. The third kappa shape index (κ3) is 2.35. The normalized spacial score (nSPS) is 16.2. The molecule has 123 valence electrons.